The minimum Gasteiger partial charge on any atom is -0.397 e. The van der Waals surface area contributed by atoms with Crippen LogP contribution >= 0.6 is 34.0 Å². The van der Waals surface area contributed by atoms with Gasteiger partial charge in [-0.1, -0.05) is 24.3 Å². The highest BCUT2D eigenvalue weighted by molar-refractivity contribution is 7.47. The maximum absolute atomic E-state index is 10.1. The molecule has 6 nitrogen and oxygen atoms in total. The zero-order valence-electron chi connectivity index (χ0n) is 23.8. The summed E-state index contributed by atoms with van der Waals surface area (Å²) < 4.78 is 7.80. The summed E-state index contributed by atoms with van der Waals surface area (Å²) >= 11 is 14.9. The van der Waals surface area contributed by atoms with Crippen LogP contribution in [-0.4, -0.2) is 0 Å². The van der Waals surface area contributed by atoms with Gasteiger partial charge in [-0.3, -0.25) is 0 Å². The number of nitriles is 2. The average Bonchev–Trinajstić information content (AvgIpc) is 3.74. The van der Waals surface area contributed by atoms with Crippen LogP contribution in [0.2, 0.25) is 0 Å². The third kappa shape index (κ3) is 5.89. The summed E-state index contributed by atoms with van der Waals surface area (Å²) in [5.41, 5.74) is 19.2. The first kappa shape index (κ1) is 31.1. The molecule has 0 fully saturated rings. The number of nitrogens with zero attached hydrogens (tertiary/aromatic N) is 4. The van der Waals surface area contributed by atoms with Gasteiger partial charge in [0.25, 0.3) is 0 Å². The summed E-state index contributed by atoms with van der Waals surface area (Å²) in [6, 6.07) is 23.8. The molecular weight excluding hydrogens is 641 g/mol. The van der Waals surface area contributed by atoms with Crippen molar-refractivity contribution in [2.24, 2.45) is 8.73 Å². The second-order valence-electron chi connectivity index (χ2n) is 9.90. The van der Waals surface area contributed by atoms with Crippen molar-refractivity contribution in [3.63, 3.8) is 0 Å². The van der Waals surface area contributed by atoms with Gasteiger partial charge in [0.15, 0.2) is 0 Å². The third-order valence-corrected chi connectivity index (χ3v) is 11.4. The average molecular weight is 665 g/mol. The number of benzene rings is 2. The molecular formula is C33H24N6S5. The molecule has 0 aliphatic heterocycles. The Balaban J connectivity index is 1.49. The number of nitrogen functional groups attached to an aromatic ring is 2. The SMILES string of the molecule is CC(=C(C#N)c1cccc(N)c1N=S)c1cc(C)c(-c2ccc(-c3sc(/C=C(\C#N)c4cccc(N)c4N=S)cc3C)s2)s1. The van der Waals surface area contributed by atoms with Gasteiger partial charge in [-0.25, -0.2) is 0 Å². The van der Waals surface area contributed by atoms with E-state index in [0.717, 1.165) is 46.0 Å². The molecule has 4 N–H and O–H groups in total. The monoisotopic (exact) mass is 664 g/mol. The molecule has 44 heavy (non-hydrogen) atoms. The summed E-state index contributed by atoms with van der Waals surface area (Å²) in [4.78, 5) is 6.53. The van der Waals surface area contributed by atoms with Crippen LogP contribution in [0.1, 0.15) is 38.9 Å². The van der Waals surface area contributed by atoms with E-state index in [9.17, 15) is 10.5 Å². The van der Waals surface area contributed by atoms with Gasteiger partial charge in [-0.2, -0.15) is 19.2 Å². The maximum Gasteiger partial charge on any atom is 0.108 e. The van der Waals surface area contributed by atoms with E-state index in [2.05, 4.69) is 59.0 Å². The number of nitrogens with two attached hydrogens (primary N) is 2. The number of hydrogen-bond acceptors (Lipinski definition) is 11. The van der Waals surface area contributed by atoms with Gasteiger partial charge in [0.1, 0.15) is 17.4 Å². The summed E-state index contributed by atoms with van der Waals surface area (Å²) in [5.74, 6) is 0. The first-order valence-corrected chi connectivity index (χ1v) is 16.4. The van der Waals surface area contributed by atoms with Crippen molar-refractivity contribution in [2.45, 2.75) is 20.8 Å². The fourth-order valence-corrected chi connectivity index (χ4v) is 8.90. The molecule has 3 heterocycles. The Kier molecular flexibility index (Phi) is 9.25. The lowest BCUT2D eigenvalue weighted by atomic mass is 9.98. The van der Waals surface area contributed by atoms with Crippen LogP contribution in [0.3, 0.4) is 0 Å². The number of hydrogen-bond donors (Lipinski definition) is 2. The Hall–Kier alpha value is -4.36. The molecule has 0 unspecified atom stereocenters. The Morgan fingerprint density at radius 2 is 1.34 bits per heavy atom. The van der Waals surface area contributed by atoms with Crippen LogP contribution < -0.4 is 11.5 Å². The second-order valence-corrected chi connectivity index (χ2v) is 13.5. The highest BCUT2D eigenvalue weighted by Crippen LogP contribution is 2.46. The Morgan fingerprint density at radius 3 is 1.93 bits per heavy atom. The molecule has 0 bridgehead atoms. The van der Waals surface area contributed by atoms with E-state index in [-0.39, 0.29) is 0 Å². The van der Waals surface area contributed by atoms with Crippen LogP contribution in [0.5, 0.6) is 0 Å². The van der Waals surface area contributed by atoms with Gasteiger partial charge < -0.3 is 11.5 Å². The molecule has 0 aliphatic carbocycles. The molecule has 2 aromatic carbocycles. The van der Waals surface area contributed by atoms with Gasteiger partial charge in [-0.05, 0) is 79.9 Å². The number of rotatable bonds is 8. The standard InChI is InChI=1S/C33H24N6S5/c1-17-12-21(14-20(15-34)22-6-4-8-25(36)30(22)38-40)42-32(17)27-10-11-28(43-27)33-18(2)13-29(44-33)19(3)24(16-35)23-7-5-9-26(37)31(23)39-41/h4-14H,36-37H2,1-3H3/b20-14+,24-19?. The van der Waals surface area contributed by atoms with Crippen LogP contribution in [0, 0.1) is 36.5 Å². The van der Waals surface area contributed by atoms with Crippen LogP contribution in [0.25, 0.3) is 42.3 Å². The van der Waals surface area contributed by atoms with Crippen molar-refractivity contribution in [3.05, 3.63) is 92.7 Å². The van der Waals surface area contributed by atoms with Gasteiger partial charge in [0, 0.05) is 65.2 Å². The van der Waals surface area contributed by atoms with E-state index in [1.165, 1.54) is 0 Å². The third-order valence-electron chi connectivity index (χ3n) is 7.05. The lowest BCUT2D eigenvalue weighted by Gasteiger charge is -2.08. The fraction of sp³-hybridized carbons (Fsp3) is 0.0909. The predicted octanol–water partition coefficient (Wildman–Crippen LogP) is 10.2. The normalized spacial score (nSPS) is 11.9. The molecule has 5 rings (SSSR count). The van der Waals surface area contributed by atoms with E-state index >= 15 is 0 Å². The van der Waals surface area contributed by atoms with Crippen molar-refractivity contribution in [2.75, 3.05) is 11.5 Å². The second kappa shape index (κ2) is 13.1. The first-order chi connectivity index (χ1) is 21.2. The lowest BCUT2D eigenvalue weighted by Crippen LogP contribution is -1.92. The molecule has 0 amide bonds. The number of aryl methyl sites for hydroxylation is 2. The Labute approximate surface area is 278 Å². The summed E-state index contributed by atoms with van der Waals surface area (Å²) in [5, 5.41) is 20.0. The number of thiophene rings is 3. The largest absolute Gasteiger partial charge is 0.397 e. The summed E-state index contributed by atoms with van der Waals surface area (Å²) in [6.07, 6.45) is 1.86. The van der Waals surface area contributed by atoms with Crippen molar-refractivity contribution >= 4 is 104 Å². The summed E-state index contributed by atoms with van der Waals surface area (Å²) in [6.45, 7) is 6.10. The van der Waals surface area contributed by atoms with E-state index in [0.29, 0.717) is 45.0 Å². The van der Waals surface area contributed by atoms with E-state index < -0.39 is 0 Å². The molecule has 11 heteroatoms. The van der Waals surface area contributed by atoms with Crippen LogP contribution in [0.4, 0.5) is 22.7 Å². The molecule has 0 aliphatic rings. The maximum atomic E-state index is 10.1. The molecule has 0 radical (unpaired) electrons. The van der Waals surface area contributed by atoms with Crippen molar-refractivity contribution in [1.82, 2.24) is 0 Å². The van der Waals surface area contributed by atoms with Crippen molar-refractivity contribution in [1.29, 1.82) is 10.5 Å². The van der Waals surface area contributed by atoms with Gasteiger partial charge in [0.2, 0.25) is 0 Å². The Bertz CT molecular complexity index is 2090. The van der Waals surface area contributed by atoms with Gasteiger partial charge >= 0.3 is 0 Å². The molecule has 0 saturated carbocycles. The Morgan fingerprint density at radius 1 is 0.773 bits per heavy atom. The highest BCUT2D eigenvalue weighted by Gasteiger charge is 2.19. The lowest BCUT2D eigenvalue weighted by molar-refractivity contribution is 1.48. The van der Waals surface area contributed by atoms with Crippen molar-refractivity contribution in [3.8, 4) is 31.6 Å². The summed E-state index contributed by atoms with van der Waals surface area (Å²) in [7, 11) is 0. The minimum atomic E-state index is 0.438. The number of allylic oxidation sites excluding steroid dienone is 3. The molecule has 0 atom stereocenters. The van der Waals surface area contributed by atoms with E-state index in [1.54, 1.807) is 64.3 Å². The van der Waals surface area contributed by atoms with E-state index in [1.807, 2.05) is 19.1 Å². The zero-order chi connectivity index (χ0) is 31.5. The van der Waals surface area contributed by atoms with Gasteiger partial charge in [-0.15, -0.1) is 34.0 Å². The topological polar surface area (TPSA) is 124 Å². The van der Waals surface area contributed by atoms with Gasteiger partial charge in [0.05, 0.1) is 28.6 Å². The zero-order valence-corrected chi connectivity index (χ0v) is 27.9. The van der Waals surface area contributed by atoms with Crippen LogP contribution in [0.15, 0.2) is 69.4 Å². The first-order valence-electron chi connectivity index (χ1n) is 13.2. The number of anilines is 2. The highest BCUT2D eigenvalue weighted by atomic mass is 32.1. The predicted molar refractivity (Wildman–Crippen MR) is 193 cm³/mol. The smallest absolute Gasteiger partial charge is 0.108 e. The molecule has 0 saturated heterocycles. The van der Waals surface area contributed by atoms with E-state index in [4.69, 9.17) is 36.3 Å². The quantitative estimate of drug-likeness (QED) is 0.126. The minimum absolute atomic E-state index is 0.438. The molecule has 3 aromatic heterocycles. The fourth-order valence-electron chi connectivity index (χ4n) is 4.84. The van der Waals surface area contributed by atoms with Crippen molar-refractivity contribution < 1.29 is 0 Å². The molecule has 0 spiro atoms. The van der Waals surface area contributed by atoms with Crippen LogP contribution in [-0.2, 0) is 24.9 Å². The molecule has 216 valence electrons. The molecule has 5 aromatic rings.